The van der Waals surface area contributed by atoms with Crippen molar-refractivity contribution >= 4 is 23.4 Å². The fourth-order valence-corrected chi connectivity index (χ4v) is 3.47. The Bertz CT molecular complexity index is 704. The molecule has 140 valence electrons. The molecule has 1 aromatic rings. The van der Waals surface area contributed by atoms with E-state index >= 15 is 0 Å². The summed E-state index contributed by atoms with van der Waals surface area (Å²) >= 11 is 0. The van der Waals surface area contributed by atoms with Gasteiger partial charge in [-0.15, -0.1) is 0 Å². The number of nitrogens with one attached hydrogen (secondary N) is 2. The maximum atomic E-state index is 12.3. The van der Waals surface area contributed by atoms with Crippen LogP contribution in [-0.4, -0.2) is 48.9 Å². The smallest absolute Gasteiger partial charge is 0.262 e. The van der Waals surface area contributed by atoms with E-state index in [2.05, 4.69) is 10.6 Å². The van der Waals surface area contributed by atoms with Crippen molar-refractivity contribution in [2.45, 2.75) is 32.6 Å². The lowest BCUT2D eigenvalue weighted by Gasteiger charge is -2.32. The van der Waals surface area contributed by atoms with Crippen LogP contribution >= 0.6 is 0 Å². The summed E-state index contributed by atoms with van der Waals surface area (Å²) in [4.78, 5) is 37.5. The summed E-state index contributed by atoms with van der Waals surface area (Å²) in [5.74, 6) is 0.806. The van der Waals surface area contributed by atoms with Gasteiger partial charge in [0, 0.05) is 31.6 Å². The largest absolute Gasteiger partial charge is 0.482 e. The van der Waals surface area contributed by atoms with Crippen LogP contribution in [0.2, 0.25) is 0 Å². The van der Waals surface area contributed by atoms with Gasteiger partial charge in [0.25, 0.3) is 11.8 Å². The predicted octanol–water partition coefficient (Wildman–Crippen LogP) is 1.79. The first kappa shape index (κ1) is 18.2. The van der Waals surface area contributed by atoms with E-state index in [0.717, 1.165) is 32.4 Å². The Balaban J connectivity index is 1.49. The minimum atomic E-state index is -0.224. The number of amides is 3. The van der Waals surface area contributed by atoms with Crippen LogP contribution in [0.3, 0.4) is 0 Å². The van der Waals surface area contributed by atoms with E-state index in [-0.39, 0.29) is 24.3 Å². The van der Waals surface area contributed by atoms with Crippen LogP contribution in [0.4, 0.5) is 5.69 Å². The lowest BCUT2D eigenvalue weighted by molar-refractivity contribution is -0.132. The molecule has 1 saturated heterocycles. The van der Waals surface area contributed by atoms with Crippen LogP contribution in [0, 0.1) is 5.92 Å². The maximum absolute atomic E-state index is 12.3. The Kier molecular flexibility index (Phi) is 5.75. The standard InChI is InChI=1S/C19H25N3O4/c1-2-18(24)22-9-3-4-13(11-22)7-8-20-19(25)14-5-6-16-15(10-14)21-17(23)12-26-16/h5-6,10,13H,2-4,7-9,11-12H2,1H3,(H,20,25)(H,21,23). The van der Waals surface area contributed by atoms with Crippen LogP contribution in [0.25, 0.3) is 0 Å². The molecule has 0 saturated carbocycles. The van der Waals surface area contributed by atoms with Gasteiger partial charge >= 0.3 is 0 Å². The molecule has 7 heteroatoms. The minimum Gasteiger partial charge on any atom is -0.482 e. The summed E-state index contributed by atoms with van der Waals surface area (Å²) in [5, 5.41) is 5.63. The van der Waals surface area contributed by atoms with E-state index < -0.39 is 0 Å². The van der Waals surface area contributed by atoms with Crippen molar-refractivity contribution in [3.05, 3.63) is 23.8 Å². The lowest BCUT2D eigenvalue weighted by Crippen LogP contribution is -2.40. The molecule has 2 aliphatic heterocycles. The molecule has 3 rings (SSSR count). The predicted molar refractivity (Wildman–Crippen MR) is 97.1 cm³/mol. The summed E-state index contributed by atoms with van der Waals surface area (Å²) in [6.45, 7) is 4.08. The number of nitrogens with zero attached hydrogens (tertiary/aromatic N) is 1. The molecule has 1 atom stereocenters. The van der Waals surface area contributed by atoms with Gasteiger partial charge in [-0.2, -0.15) is 0 Å². The zero-order valence-corrected chi connectivity index (χ0v) is 15.0. The van der Waals surface area contributed by atoms with Crippen molar-refractivity contribution in [3.8, 4) is 5.75 Å². The molecule has 2 aliphatic rings. The Labute approximate surface area is 153 Å². The average Bonchev–Trinajstić information content (AvgIpc) is 2.66. The fraction of sp³-hybridized carbons (Fsp3) is 0.526. The molecule has 2 heterocycles. The molecular formula is C19H25N3O4. The Morgan fingerprint density at radius 3 is 3.04 bits per heavy atom. The van der Waals surface area contributed by atoms with Crippen LogP contribution < -0.4 is 15.4 Å². The normalized spacial score (nSPS) is 19.2. The van der Waals surface area contributed by atoms with Gasteiger partial charge in [-0.1, -0.05) is 6.92 Å². The number of carbonyl (C=O) groups is 3. The van der Waals surface area contributed by atoms with E-state index in [1.165, 1.54) is 0 Å². The number of rotatable bonds is 5. The third kappa shape index (κ3) is 4.33. The van der Waals surface area contributed by atoms with Gasteiger partial charge in [0.05, 0.1) is 5.69 Å². The number of likely N-dealkylation sites (tertiary alicyclic amines) is 1. The van der Waals surface area contributed by atoms with Crippen molar-refractivity contribution in [1.29, 1.82) is 0 Å². The van der Waals surface area contributed by atoms with Crippen LogP contribution in [0.15, 0.2) is 18.2 Å². The highest BCUT2D eigenvalue weighted by atomic mass is 16.5. The Morgan fingerprint density at radius 1 is 1.38 bits per heavy atom. The summed E-state index contributed by atoms with van der Waals surface area (Å²) in [6.07, 6.45) is 3.51. The maximum Gasteiger partial charge on any atom is 0.262 e. The van der Waals surface area contributed by atoms with Crippen molar-refractivity contribution in [2.24, 2.45) is 5.92 Å². The van der Waals surface area contributed by atoms with E-state index in [4.69, 9.17) is 4.74 Å². The topological polar surface area (TPSA) is 87.7 Å². The summed E-state index contributed by atoms with van der Waals surface area (Å²) < 4.78 is 5.29. The number of fused-ring (bicyclic) bond motifs is 1. The lowest BCUT2D eigenvalue weighted by atomic mass is 9.94. The van der Waals surface area contributed by atoms with Crippen molar-refractivity contribution < 1.29 is 19.1 Å². The molecule has 2 N–H and O–H groups in total. The van der Waals surface area contributed by atoms with Gasteiger partial charge in [0.15, 0.2) is 6.61 Å². The van der Waals surface area contributed by atoms with Crippen LogP contribution in [0.5, 0.6) is 5.75 Å². The molecule has 1 fully saturated rings. The van der Waals surface area contributed by atoms with Crippen LogP contribution in [-0.2, 0) is 9.59 Å². The van der Waals surface area contributed by atoms with Gasteiger partial charge < -0.3 is 20.3 Å². The van der Waals surface area contributed by atoms with E-state index in [1.807, 2.05) is 11.8 Å². The van der Waals surface area contributed by atoms with E-state index in [1.54, 1.807) is 18.2 Å². The first-order valence-corrected chi connectivity index (χ1v) is 9.19. The van der Waals surface area contributed by atoms with Crippen molar-refractivity contribution in [2.75, 3.05) is 31.6 Å². The molecule has 0 spiro atoms. The number of hydrogen-bond acceptors (Lipinski definition) is 4. The number of piperidine rings is 1. The number of carbonyl (C=O) groups excluding carboxylic acids is 3. The first-order chi connectivity index (χ1) is 12.6. The molecule has 3 amide bonds. The Morgan fingerprint density at radius 2 is 2.23 bits per heavy atom. The van der Waals surface area contributed by atoms with Gasteiger partial charge in [0.1, 0.15) is 5.75 Å². The number of ether oxygens (including phenoxy) is 1. The molecule has 0 aromatic heterocycles. The summed E-state index contributed by atoms with van der Waals surface area (Å²) in [7, 11) is 0. The average molecular weight is 359 g/mol. The van der Waals surface area contributed by atoms with Gasteiger partial charge in [-0.25, -0.2) is 0 Å². The van der Waals surface area contributed by atoms with E-state index in [0.29, 0.717) is 35.9 Å². The van der Waals surface area contributed by atoms with Crippen LogP contribution in [0.1, 0.15) is 43.0 Å². The second-order valence-corrected chi connectivity index (χ2v) is 6.79. The highest BCUT2D eigenvalue weighted by molar-refractivity contribution is 5.99. The van der Waals surface area contributed by atoms with Gasteiger partial charge in [0.2, 0.25) is 5.91 Å². The molecule has 26 heavy (non-hydrogen) atoms. The van der Waals surface area contributed by atoms with Crippen molar-refractivity contribution in [1.82, 2.24) is 10.2 Å². The fourth-order valence-electron chi connectivity index (χ4n) is 3.47. The SMILES string of the molecule is CCC(=O)N1CCCC(CCNC(=O)c2ccc3c(c2)NC(=O)CO3)C1. The monoisotopic (exact) mass is 359 g/mol. The molecule has 0 bridgehead atoms. The van der Waals surface area contributed by atoms with Crippen molar-refractivity contribution in [3.63, 3.8) is 0 Å². The number of benzene rings is 1. The van der Waals surface area contributed by atoms with Gasteiger partial charge in [-0.05, 0) is 43.4 Å². The zero-order valence-electron chi connectivity index (χ0n) is 15.0. The summed E-state index contributed by atoms with van der Waals surface area (Å²) in [5.41, 5.74) is 1.01. The molecule has 1 aromatic carbocycles. The minimum absolute atomic E-state index is 0.00250. The molecular weight excluding hydrogens is 334 g/mol. The second kappa shape index (κ2) is 8.21. The molecule has 1 unspecified atom stereocenters. The van der Waals surface area contributed by atoms with E-state index in [9.17, 15) is 14.4 Å². The third-order valence-electron chi connectivity index (χ3n) is 4.89. The molecule has 7 nitrogen and oxygen atoms in total. The van der Waals surface area contributed by atoms with Gasteiger partial charge in [-0.3, -0.25) is 14.4 Å². The number of hydrogen-bond donors (Lipinski definition) is 2. The molecule has 0 aliphatic carbocycles. The number of anilines is 1. The molecule has 0 radical (unpaired) electrons. The first-order valence-electron chi connectivity index (χ1n) is 9.19. The highest BCUT2D eigenvalue weighted by Gasteiger charge is 2.23. The third-order valence-corrected chi connectivity index (χ3v) is 4.89. The zero-order chi connectivity index (χ0) is 18.5. The second-order valence-electron chi connectivity index (χ2n) is 6.79. The Hall–Kier alpha value is -2.57. The highest BCUT2D eigenvalue weighted by Crippen LogP contribution is 2.28. The summed E-state index contributed by atoms with van der Waals surface area (Å²) in [6, 6.07) is 5.01. The quantitative estimate of drug-likeness (QED) is 0.839.